The average Bonchev–Trinajstić information content (AvgIpc) is 2.44. The van der Waals surface area contributed by atoms with Crippen LogP contribution >= 0.6 is 0 Å². The Kier molecular flexibility index (Phi) is 2.08. The number of nitrogens with zero attached hydrogens (tertiary/aromatic N) is 2. The van der Waals surface area contributed by atoms with Gasteiger partial charge in [-0.15, -0.1) is 0 Å². The first-order valence-corrected chi connectivity index (χ1v) is 4.69. The monoisotopic (exact) mass is 181 g/mol. The number of guanidine groups is 2. The zero-order valence-corrected chi connectivity index (χ0v) is 7.53. The van der Waals surface area contributed by atoms with Gasteiger partial charge < -0.3 is 16.8 Å². The number of hydrogen-bond donors (Lipinski definition) is 3. The Bertz CT molecular complexity index is 253. The smallest absolute Gasteiger partial charge is 0.221 e. The average molecular weight is 181 g/mol. The van der Waals surface area contributed by atoms with Gasteiger partial charge in [0.05, 0.1) is 12.1 Å². The maximum Gasteiger partial charge on any atom is 0.221 e. The highest BCUT2D eigenvalue weighted by Gasteiger charge is 2.30. The van der Waals surface area contributed by atoms with Crippen LogP contribution in [0.4, 0.5) is 0 Å². The van der Waals surface area contributed by atoms with E-state index in [1.54, 1.807) is 0 Å². The highest BCUT2D eigenvalue weighted by Crippen LogP contribution is 2.24. The summed E-state index contributed by atoms with van der Waals surface area (Å²) in [5.74, 6) is 0.682. The Morgan fingerprint density at radius 2 is 2.15 bits per heavy atom. The van der Waals surface area contributed by atoms with E-state index in [-0.39, 0.29) is 5.96 Å². The van der Waals surface area contributed by atoms with Crippen molar-refractivity contribution >= 4 is 11.9 Å². The maximum atomic E-state index is 5.27. The molecule has 2 atom stereocenters. The molecular weight excluding hydrogens is 166 g/mol. The molecule has 5 N–H and O–H groups in total. The minimum atomic E-state index is 0.0740. The summed E-state index contributed by atoms with van der Waals surface area (Å²) < 4.78 is 0. The fourth-order valence-corrected chi connectivity index (χ4v) is 1.98. The maximum absolute atomic E-state index is 5.27. The molecule has 0 aromatic carbocycles. The summed E-state index contributed by atoms with van der Waals surface area (Å²) in [5.41, 5.74) is 10.5. The molecule has 5 nitrogen and oxygen atoms in total. The Balaban J connectivity index is 2.05. The van der Waals surface area contributed by atoms with E-state index in [9.17, 15) is 0 Å². The van der Waals surface area contributed by atoms with Gasteiger partial charge in [-0.05, 0) is 12.8 Å². The standard InChI is InChI=1S/C8H15N5/c9-7(10)13-8-11-5-3-1-2-4-6(5)12-8/h5-6H,1-4H2,(H5,9,10,11,12,13)/t5-,6-/m1/s1. The van der Waals surface area contributed by atoms with Crippen LogP contribution in [0.25, 0.3) is 0 Å². The molecule has 1 aliphatic heterocycles. The van der Waals surface area contributed by atoms with Crippen LogP contribution in [0.2, 0.25) is 0 Å². The quantitative estimate of drug-likeness (QED) is 0.348. The molecule has 0 spiro atoms. The van der Waals surface area contributed by atoms with Gasteiger partial charge in [0.1, 0.15) is 0 Å². The molecule has 1 saturated carbocycles. The minimum Gasteiger partial charge on any atom is -0.370 e. The lowest BCUT2D eigenvalue weighted by Crippen LogP contribution is -2.37. The van der Waals surface area contributed by atoms with Crippen molar-refractivity contribution < 1.29 is 0 Å². The van der Waals surface area contributed by atoms with Crippen LogP contribution in [0, 0.1) is 0 Å². The largest absolute Gasteiger partial charge is 0.370 e. The molecule has 5 heteroatoms. The SMILES string of the molecule is NC(N)=NC1=N[C@@H]2CCCC[C@H]2N1. The molecule has 0 aromatic heterocycles. The van der Waals surface area contributed by atoms with Gasteiger partial charge in [0.2, 0.25) is 5.96 Å². The van der Waals surface area contributed by atoms with Crippen LogP contribution in [-0.4, -0.2) is 24.0 Å². The number of nitrogens with one attached hydrogen (secondary N) is 1. The lowest BCUT2D eigenvalue weighted by Gasteiger charge is -2.22. The van der Waals surface area contributed by atoms with Crippen LogP contribution < -0.4 is 16.8 Å². The van der Waals surface area contributed by atoms with E-state index < -0.39 is 0 Å². The number of fused-ring (bicyclic) bond motifs is 1. The zero-order chi connectivity index (χ0) is 9.26. The summed E-state index contributed by atoms with van der Waals surface area (Å²) in [6.45, 7) is 0. The van der Waals surface area contributed by atoms with E-state index in [4.69, 9.17) is 11.5 Å². The van der Waals surface area contributed by atoms with Crippen LogP contribution in [0.3, 0.4) is 0 Å². The van der Waals surface area contributed by atoms with Gasteiger partial charge in [-0.25, -0.2) is 4.99 Å². The second kappa shape index (κ2) is 3.24. The highest BCUT2D eigenvalue weighted by molar-refractivity contribution is 5.94. The molecular formula is C8H15N5. The molecule has 72 valence electrons. The summed E-state index contributed by atoms with van der Waals surface area (Å²) >= 11 is 0. The van der Waals surface area contributed by atoms with Crippen LogP contribution in [-0.2, 0) is 0 Å². The summed E-state index contributed by atoms with van der Waals surface area (Å²) in [6.07, 6.45) is 4.87. The van der Waals surface area contributed by atoms with E-state index in [1.807, 2.05) is 0 Å². The van der Waals surface area contributed by atoms with E-state index in [1.165, 1.54) is 19.3 Å². The van der Waals surface area contributed by atoms with E-state index in [0.717, 1.165) is 6.42 Å². The minimum absolute atomic E-state index is 0.0740. The number of hydrogen-bond acceptors (Lipinski definition) is 3. The van der Waals surface area contributed by atoms with E-state index in [2.05, 4.69) is 15.3 Å². The zero-order valence-electron chi connectivity index (χ0n) is 7.53. The predicted octanol–water partition coefficient (Wildman–Crippen LogP) is -0.470. The Morgan fingerprint density at radius 3 is 2.85 bits per heavy atom. The normalized spacial score (nSPS) is 31.5. The number of nitrogens with two attached hydrogens (primary N) is 2. The Labute approximate surface area is 77.3 Å². The van der Waals surface area contributed by atoms with Crippen molar-refractivity contribution in [1.82, 2.24) is 5.32 Å². The van der Waals surface area contributed by atoms with Crippen LogP contribution in [0.5, 0.6) is 0 Å². The molecule has 13 heavy (non-hydrogen) atoms. The van der Waals surface area contributed by atoms with Gasteiger partial charge in [-0.3, -0.25) is 0 Å². The molecule has 0 bridgehead atoms. The number of rotatable bonds is 0. The molecule has 1 heterocycles. The van der Waals surface area contributed by atoms with E-state index >= 15 is 0 Å². The first-order valence-electron chi connectivity index (χ1n) is 4.69. The lowest BCUT2D eigenvalue weighted by atomic mass is 9.92. The van der Waals surface area contributed by atoms with Crippen molar-refractivity contribution in [2.24, 2.45) is 21.5 Å². The second-order valence-electron chi connectivity index (χ2n) is 3.59. The summed E-state index contributed by atoms with van der Waals surface area (Å²) in [6, 6.07) is 0.860. The Morgan fingerprint density at radius 1 is 1.38 bits per heavy atom. The molecule has 2 rings (SSSR count). The first kappa shape index (κ1) is 8.34. The summed E-state index contributed by atoms with van der Waals surface area (Å²) in [7, 11) is 0. The summed E-state index contributed by atoms with van der Waals surface area (Å²) in [4.78, 5) is 8.32. The van der Waals surface area contributed by atoms with Gasteiger partial charge in [0, 0.05) is 0 Å². The van der Waals surface area contributed by atoms with Crippen molar-refractivity contribution in [2.75, 3.05) is 0 Å². The molecule has 0 aromatic rings. The molecule has 0 amide bonds. The van der Waals surface area contributed by atoms with Crippen molar-refractivity contribution in [3.63, 3.8) is 0 Å². The molecule has 0 saturated heterocycles. The topological polar surface area (TPSA) is 88.8 Å². The van der Waals surface area contributed by atoms with Gasteiger partial charge in [0.15, 0.2) is 5.96 Å². The lowest BCUT2D eigenvalue weighted by molar-refractivity contribution is 0.384. The molecule has 1 fully saturated rings. The Hall–Kier alpha value is -1.26. The second-order valence-corrected chi connectivity index (χ2v) is 3.59. The predicted molar refractivity (Wildman–Crippen MR) is 52.4 cm³/mol. The van der Waals surface area contributed by atoms with Crippen molar-refractivity contribution in [3.8, 4) is 0 Å². The molecule has 1 aliphatic carbocycles. The fraction of sp³-hybridized carbons (Fsp3) is 0.750. The summed E-state index contributed by atoms with van der Waals surface area (Å²) in [5, 5.41) is 3.23. The molecule has 0 unspecified atom stereocenters. The third kappa shape index (κ3) is 1.74. The fourth-order valence-electron chi connectivity index (χ4n) is 1.98. The highest BCUT2D eigenvalue weighted by atomic mass is 15.2. The van der Waals surface area contributed by atoms with Crippen molar-refractivity contribution in [3.05, 3.63) is 0 Å². The first-order chi connectivity index (χ1) is 6.25. The van der Waals surface area contributed by atoms with Crippen molar-refractivity contribution in [2.45, 2.75) is 37.8 Å². The van der Waals surface area contributed by atoms with Crippen molar-refractivity contribution in [1.29, 1.82) is 0 Å². The molecule has 2 aliphatic rings. The van der Waals surface area contributed by atoms with Gasteiger partial charge in [-0.2, -0.15) is 4.99 Å². The van der Waals surface area contributed by atoms with Gasteiger partial charge >= 0.3 is 0 Å². The van der Waals surface area contributed by atoms with Gasteiger partial charge in [0.25, 0.3) is 0 Å². The number of aliphatic imine (C=N–C) groups is 2. The van der Waals surface area contributed by atoms with Crippen LogP contribution in [0.15, 0.2) is 9.98 Å². The van der Waals surface area contributed by atoms with Crippen LogP contribution in [0.1, 0.15) is 25.7 Å². The third-order valence-corrected chi connectivity index (χ3v) is 2.57. The molecule has 0 radical (unpaired) electrons. The van der Waals surface area contributed by atoms with E-state index in [0.29, 0.717) is 18.0 Å². The third-order valence-electron chi connectivity index (χ3n) is 2.57. The van der Waals surface area contributed by atoms with Gasteiger partial charge in [-0.1, -0.05) is 12.8 Å².